The summed E-state index contributed by atoms with van der Waals surface area (Å²) in [7, 11) is 0. The van der Waals surface area contributed by atoms with Crippen LogP contribution in [0.3, 0.4) is 0 Å². The third-order valence-electron chi connectivity index (χ3n) is 9.26. The third-order valence-corrected chi connectivity index (χ3v) is 10.4. The Labute approximate surface area is 303 Å². The number of aromatic nitrogens is 3. The molecule has 7 aromatic carbocycles. The second-order valence-corrected chi connectivity index (χ2v) is 13.3. The highest BCUT2D eigenvalue weighted by Gasteiger charge is 2.19. The van der Waals surface area contributed by atoms with Crippen LogP contribution >= 0.6 is 11.3 Å². The summed E-state index contributed by atoms with van der Waals surface area (Å²) in [6.07, 6.45) is 0. The first kappa shape index (κ1) is 22.9. The summed E-state index contributed by atoms with van der Waals surface area (Å²) in [5.74, 6) is 0.694. The first-order chi connectivity index (χ1) is 27.8. The van der Waals surface area contributed by atoms with E-state index in [1.54, 1.807) is 0 Å². The zero-order valence-corrected chi connectivity index (χ0v) is 27.4. The Kier molecular flexibility index (Phi) is 4.91. The van der Waals surface area contributed by atoms with Gasteiger partial charge in [0, 0.05) is 58.4 Å². The number of benzene rings is 7. The lowest BCUT2D eigenvalue weighted by Gasteiger charge is -2.09. The number of hydrogen-bond acceptors (Lipinski definition) is 6. The van der Waals surface area contributed by atoms with E-state index in [1.807, 2.05) is 115 Å². The van der Waals surface area contributed by atoms with Gasteiger partial charge in [-0.15, -0.1) is 11.3 Å². The Morgan fingerprint density at radius 3 is 2.06 bits per heavy atom. The molecule has 0 atom stereocenters. The quantitative estimate of drug-likeness (QED) is 0.185. The Morgan fingerprint density at radius 1 is 0.471 bits per heavy atom. The molecule has 4 aromatic heterocycles. The van der Waals surface area contributed by atoms with Gasteiger partial charge in [-0.2, -0.15) is 0 Å². The van der Waals surface area contributed by atoms with Crippen LogP contribution in [0.15, 0.2) is 160 Å². The molecule has 0 spiro atoms. The van der Waals surface area contributed by atoms with Crippen LogP contribution in [0.1, 0.15) is 8.22 Å². The lowest BCUT2D eigenvalue weighted by Crippen LogP contribution is -2.00. The zero-order chi connectivity index (χ0) is 38.7. The Balaban J connectivity index is 1.18. The highest BCUT2D eigenvalue weighted by Crippen LogP contribution is 2.43. The summed E-state index contributed by atoms with van der Waals surface area (Å²) >= 11 is 1.17. The number of para-hydroxylation sites is 2. The summed E-state index contributed by atoms with van der Waals surface area (Å²) in [4.78, 5) is 14.7. The Bertz CT molecular complexity index is 3510. The highest BCUT2D eigenvalue weighted by molar-refractivity contribution is 7.26. The molecule has 0 fully saturated rings. The lowest BCUT2D eigenvalue weighted by molar-refractivity contribution is 0.668. The minimum atomic E-state index is -0.306. The SMILES string of the molecule is [2H]c1c([2H])c([2H])c2c(sc3c([2H])c(-c4nc(-c5ccccc5)nc(-c5cccc6oc7ccccc7c56)n4)c([2H])c([2H])c32)c1-c1ccc2c(c1)oc1ccccc12. The zero-order valence-electron chi connectivity index (χ0n) is 32.5. The van der Waals surface area contributed by atoms with E-state index in [-0.39, 0.29) is 58.4 Å². The van der Waals surface area contributed by atoms with Crippen molar-refractivity contribution in [3.63, 3.8) is 0 Å². The maximum atomic E-state index is 9.66. The van der Waals surface area contributed by atoms with Gasteiger partial charge in [0.05, 0.1) is 8.22 Å². The van der Waals surface area contributed by atoms with Gasteiger partial charge >= 0.3 is 0 Å². The van der Waals surface area contributed by atoms with Crippen molar-refractivity contribution in [1.82, 2.24) is 15.0 Å². The van der Waals surface area contributed by atoms with Crippen molar-refractivity contribution in [1.29, 1.82) is 0 Å². The predicted molar refractivity (Wildman–Crippen MR) is 209 cm³/mol. The largest absolute Gasteiger partial charge is 0.456 e. The van der Waals surface area contributed by atoms with Gasteiger partial charge in [0.2, 0.25) is 0 Å². The lowest BCUT2D eigenvalue weighted by atomic mass is 10.0. The van der Waals surface area contributed by atoms with Gasteiger partial charge in [0.25, 0.3) is 0 Å². The molecule has 0 unspecified atom stereocenters. The van der Waals surface area contributed by atoms with Crippen LogP contribution in [0.4, 0.5) is 0 Å². The van der Waals surface area contributed by atoms with E-state index >= 15 is 0 Å². The van der Waals surface area contributed by atoms with Crippen molar-refractivity contribution in [3.05, 3.63) is 152 Å². The van der Waals surface area contributed by atoms with Gasteiger partial charge in [-0.05, 0) is 47.5 Å². The molecule has 0 N–H and O–H groups in total. The maximum Gasteiger partial charge on any atom is 0.164 e. The molecule has 4 heterocycles. The third kappa shape index (κ3) is 4.43. The molecule has 51 heavy (non-hydrogen) atoms. The molecule has 0 aliphatic carbocycles. The monoisotopic (exact) mass is 677 g/mol. The smallest absolute Gasteiger partial charge is 0.164 e. The van der Waals surface area contributed by atoms with Crippen molar-refractivity contribution < 1.29 is 17.1 Å². The van der Waals surface area contributed by atoms with Crippen LogP contribution in [0, 0.1) is 0 Å². The Hall–Kier alpha value is -6.63. The van der Waals surface area contributed by atoms with E-state index in [9.17, 15) is 4.11 Å². The molecule has 0 saturated heterocycles. The van der Waals surface area contributed by atoms with Gasteiger partial charge in [-0.1, -0.05) is 115 Å². The van der Waals surface area contributed by atoms with Crippen LogP contribution in [0.25, 0.3) is 109 Å². The van der Waals surface area contributed by atoms with E-state index < -0.39 is 0 Å². The number of furan rings is 2. The van der Waals surface area contributed by atoms with E-state index in [0.717, 1.165) is 27.1 Å². The molecule has 11 aromatic rings. The summed E-state index contributed by atoms with van der Waals surface area (Å²) in [6, 6.07) is 34.9. The van der Waals surface area contributed by atoms with Crippen molar-refractivity contribution in [2.75, 3.05) is 0 Å². The molecule has 0 aliphatic rings. The Morgan fingerprint density at radius 2 is 1.18 bits per heavy atom. The fraction of sp³-hybridized carbons (Fsp3) is 0. The van der Waals surface area contributed by atoms with Crippen molar-refractivity contribution in [2.45, 2.75) is 0 Å². The molecule has 0 bridgehead atoms. The van der Waals surface area contributed by atoms with Gasteiger partial charge in [-0.25, -0.2) is 15.0 Å². The summed E-state index contributed by atoms with van der Waals surface area (Å²) in [6.45, 7) is 0. The molecule has 238 valence electrons. The van der Waals surface area contributed by atoms with Gasteiger partial charge < -0.3 is 8.83 Å². The molecule has 0 amide bonds. The molecular formula is C45H25N3O2S. The number of rotatable bonds is 4. The van der Waals surface area contributed by atoms with Crippen LogP contribution < -0.4 is 0 Å². The van der Waals surface area contributed by atoms with Gasteiger partial charge in [0.15, 0.2) is 17.5 Å². The van der Waals surface area contributed by atoms with Crippen LogP contribution in [-0.2, 0) is 0 Å². The fourth-order valence-corrected chi connectivity index (χ4v) is 8.04. The number of nitrogens with zero attached hydrogens (tertiary/aromatic N) is 3. The van der Waals surface area contributed by atoms with Crippen LogP contribution in [0.2, 0.25) is 0 Å². The van der Waals surface area contributed by atoms with E-state index in [1.165, 1.54) is 11.3 Å². The van der Waals surface area contributed by atoms with Crippen molar-refractivity contribution in [3.8, 4) is 45.3 Å². The molecule has 0 radical (unpaired) electrons. The van der Waals surface area contributed by atoms with Crippen molar-refractivity contribution in [2.24, 2.45) is 0 Å². The topological polar surface area (TPSA) is 65.0 Å². The normalized spacial score (nSPS) is 13.6. The molecule has 11 rings (SSSR count). The summed E-state index contributed by atoms with van der Waals surface area (Å²) in [5.41, 5.74) is 5.14. The number of hydrogen-bond donors (Lipinski definition) is 0. The van der Waals surface area contributed by atoms with E-state index in [0.29, 0.717) is 60.1 Å². The van der Waals surface area contributed by atoms with Crippen LogP contribution in [-0.4, -0.2) is 15.0 Å². The minimum absolute atomic E-state index is 0.0399. The standard InChI is InChI=1S/C45H25N3O2S/c1-2-10-26(11-3-1)43-46-44(48-45(47-43)35-16-9-19-38-41(35)34-13-5-7-18-37(34)49-38)28-21-23-32-33-15-8-14-29(42(33)51-40(32)25-28)27-20-22-31-30-12-4-6-17-36(30)50-39(31)24-27/h1-25H/i8D,14D,15D,21D,23D,25D. The molecular weight excluding hydrogens is 647 g/mol. The highest BCUT2D eigenvalue weighted by atomic mass is 32.1. The van der Waals surface area contributed by atoms with Gasteiger partial charge in [-0.3, -0.25) is 0 Å². The maximum absolute atomic E-state index is 9.66. The summed E-state index contributed by atoms with van der Waals surface area (Å²) < 4.78 is 68.6. The first-order valence-corrected chi connectivity index (χ1v) is 17.2. The average molecular weight is 678 g/mol. The fourth-order valence-electron chi connectivity index (χ4n) is 6.90. The summed E-state index contributed by atoms with van der Waals surface area (Å²) in [5, 5.41) is 4.04. The number of thiophene rings is 1. The van der Waals surface area contributed by atoms with E-state index in [2.05, 4.69) is 0 Å². The average Bonchev–Trinajstić information content (AvgIpc) is 3.94. The van der Waals surface area contributed by atoms with E-state index in [4.69, 9.17) is 27.9 Å². The molecule has 0 aliphatic heterocycles. The van der Waals surface area contributed by atoms with Gasteiger partial charge in [0.1, 0.15) is 22.3 Å². The number of fused-ring (bicyclic) bond motifs is 9. The second-order valence-electron chi connectivity index (χ2n) is 12.3. The minimum Gasteiger partial charge on any atom is -0.456 e. The van der Waals surface area contributed by atoms with Crippen LogP contribution in [0.5, 0.6) is 0 Å². The predicted octanol–water partition coefficient (Wildman–Crippen LogP) is 12.7. The molecule has 0 saturated carbocycles. The van der Waals surface area contributed by atoms with Crippen molar-refractivity contribution >= 4 is 75.4 Å². The molecule has 6 heteroatoms. The second kappa shape index (κ2) is 10.9. The first-order valence-electron chi connectivity index (χ1n) is 19.4. The molecule has 5 nitrogen and oxygen atoms in total.